The van der Waals surface area contributed by atoms with Crippen molar-refractivity contribution in [1.82, 2.24) is 15.2 Å². The van der Waals surface area contributed by atoms with Crippen molar-refractivity contribution >= 4 is 6.03 Å². The van der Waals surface area contributed by atoms with E-state index in [0.29, 0.717) is 30.5 Å². The molecule has 0 unspecified atom stereocenters. The van der Waals surface area contributed by atoms with Gasteiger partial charge in [0.1, 0.15) is 0 Å². The Kier molecular flexibility index (Phi) is 6.11. The summed E-state index contributed by atoms with van der Waals surface area (Å²) in [6.07, 6.45) is 4.17. The minimum atomic E-state index is -0.445. The highest BCUT2D eigenvalue weighted by atomic mass is 19.1. The maximum atomic E-state index is 13.7. The maximum absolute atomic E-state index is 13.7. The molecular weight excluding hydrogens is 349 g/mol. The molecule has 27 heavy (non-hydrogen) atoms. The number of amides is 2. The summed E-state index contributed by atoms with van der Waals surface area (Å²) >= 11 is 0. The van der Waals surface area contributed by atoms with E-state index in [1.165, 1.54) is 30.9 Å². The summed E-state index contributed by atoms with van der Waals surface area (Å²) in [5, 5.41) is 2.82. The Labute approximate surface area is 158 Å². The average molecular weight is 373 g/mol. The van der Waals surface area contributed by atoms with Crippen molar-refractivity contribution in [3.05, 3.63) is 53.5 Å². The zero-order valence-electron chi connectivity index (χ0n) is 15.6. The summed E-state index contributed by atoms with van der Waals surface area (Å²) in [6, 6.07) is 8.10. The van der Waals surface area contributed by atoms with E-state index < -0.39 is 5.82 Å². The van der Waals surface area contributed by atoms with Gasteiger partial charge in [-0.2, -0.15) is 0 Å². The van der Waals surface area contributed by atoms with Gasteiger partial charge in [-0.25, -0.2) is 14.2 Å². The van der Waals surface area contributed by atoms with Crippen molar-refractivity contribution in [2.45, 2.75) is 25.9 Å². The predicted octanol–water partition coefficient (Wildman–Crippen LogP) is 3.36. The van der Waals surface area contributed by atoms with Crippen LogP contribution in [0, 0.1) is 11.7 Å². The second-order valence-corrected chi connectivity index (χ2v) is 6.74. The van der Waals surface area contributed by atoms with Gasteiger partial charge >= 0.3 is 6.03 Å². The summed E-state index contributed by atoms with van der Waals surface area (Å²) in [6.45, 7) is 1.37. The third-order valence-corrected chi connectivity index (χ3v) is 4.39. The van der Waals surface area contributed by atoms with Crippen LogP contribution in [0.4, 0.5) is 9.18 Å². The summed E-state index contributed by atoms with van der Waals surface area (Å²) in [7, 11) is 3.07. The van der Waals surface area contributed by atoms with Crippen LogP contribution in [0.3, 0.4) is 0 Å². The number of rotatable bonds is 8. The summed E-state index contributed by atoms with van der Waals surface area (Å²) in [5.74, 6) is 1.03. The summed E-state index contributed by atoms with van der Waals surface area (Å²) in [5.41, 5.74) is 1.57. The molecule has 0 saturated heterocycles. The number of urea groups is 1. The Morgan fingerprint density at radius 1 is 1.30 bits per heavy atom. The second kappa shape index (κ2) is 8.70. The van der Waals surface area contributed by atoms with Gasteiger partial charge in [-0.05, 0) is 42.0 Å². The van der Waals surface area contributed by atoms with Crippen LogP contribution in [-0.2, 0) is 13.1 Å². The van der Waals surface area contributed by atoms with Gasteiger partial charge in [0.05, 0.1) is 13.7 Å². The number of hydrogen-bond donors (Lipinski definition) is 1. The number of nitrogens with zero attached hydrogens (tertiary/aromatic N) is 2. The van der Waals surface area contributed by atoms with Crippen molar-refractivity contribution in [2.75, 3.05) is 20.8 Å². The van der Waals surface area contributed by atoms with E-state index in [-0.39, 0.29) is 11.8 Å². The highest BCUT2D eigenvalue weighted by Crippen LogP contribution is 2.29. The number of pyridine rings is 1. The van der Waals surface area contributed by atoms with Crippen LogP contribution in [0.15, 0.2) is 36.5 Å². The largest absolute Gasteiger partial charge is 0.494 e. The van der Waals surface area contributed by atoms with Gasteiger partial charge < -0.3 is 19.7 Å². The quantitative estimate of drug-likeness (QED) is 0.771. The molecule has 1 N–H and O–H groups in total. The fourth-order valence-electron chi connectivity index (χ4n) is 2.56. The van der Waals surface area contributed by atoms with Crippen LogP contribution in [0.25, 0.3) is 0 Å². The first-order valence-corrected chi connectivity index (χ1v) is 8.94. The lowest BCUT2D eigenvalue weighted by molar-refractivity contribution is 0.206. The molecule has 7 heteroatoms. The number of carbonyl (C=O) groups is 1. The molecule has 0 spiro atoms. The van der Waals surface area contributed by atoms with Gasteiger partial charge in [-0.1, -0.05) is 12.1 Å². The fraction of sp³-hybridized carbons (Fsp3) is 0.400. The van der Waals surface area contributed by atoms with Crippen LogP contribution in [0.5, 0.6) is 11.6 Å². The molecule has 0 aliphatic heterocycles. The number of aromatic nitrogens is 1. The molecule has 0 bridgehead atoms. The molecule has 2 aromatic rings. The molecule has 1 heterocycles. The molecular formula is C20H24FN3O3. The van der Waals surface area contributed by atoms with E-state index in [1.54, 1.807) is 25.4 Å². The summed E-state index contributed by atoms with van der Waals surface area (Å²) < 4.78 is 24.2. The average Bonchev–Trinajstić information content (AvgIpc) is 3.50. The zero-order chi connectivity index (χ0) is 19.2. The molecule has 1 fully saturated rings. The van der Waals surface area contributed by atoms with Gasteiger partial charge in [0.25, 0.3) is 0 Å². The Hall–Kier alpha value is -2.83. The number of carbonyl (C=O) groups excluding carboxylic acids is 1. The van der Waals surface area contributed by atoms with Crippen LogP contribution in [0.1, 0.15) is 24.0 Å². The molecule has 3 rings (SSSR count). The van der Waals surface area contributed by atoms with Crippen molar-refractivity contribution < 1.29 is 18.7 Å². The first-order valence-electron chi connectivity index (χ1n) is 8.94. The number of halogens is 1. The molecule has 1 saturated carbocycles. The molecule has 144 valence electrons. The monoisotopic (exact) mass is 373 g/mol. The minimum absolute atomic E-state index is 0.183. The third-order valence-electron chi connectivity index (χ3n) is 4.39. The number of benzene rings is 1. The summed E-state index contributed by atoms with van der Waals surface area (Å²) in [4.78, 5) is 18.0. The van der Waals surface area contributed by atoms with Gasteiger partial charge in [0, 0.05) is 32.4 Å². The first kappa shape index (κ1) is 18.9. The Balaban J connectivity index is 1.45. The molecule has 0 radical (unpaired) electrons. The molecule has 1 aromatic heterocycles. The van der Waals surface area contributed by atoms with Crippen LogP contribution >= 0.6 is 0 Å². The van der Waals surface area contributed by atoms with Gasteiger partial charge in [0.15, 0.2) is 11.6 Å². The first-order chi connectivity index (χ1) is 13.0. The maximum Gasteiger partial charge on any atom is 0.317 e. The lowest BCUT2D eigenvalue weighted by Crippen LogP contribution is -2.36. The fourth-order valence-corrected chi connectivity index (χ4v) is 2.56. The Bertz CT molecular complexity index is 779. The van der Waals surface area contributed by atoms with Crippen LogP contribution in [0.2, 0.25) is 0 Å². The topological polar surface area (TPSA) is 63.7 Å². The lowest BCUT2D eigenvalue weighted by Gasteiger charge is -2.18. The number of ether oxygens (including phenoxy) is 2. The van der Waals surface area contributed by atoms with Gasteiger partial charge in [-0.15, -0.1) is 0 Å². The van der Waals surface area contributed by atoms with Crippen molar-refractivity contribution in [2.24, 2.45) is 5.92 Å². The van der Waals surface area contributed by atoms with Crippen LogP contribution in [-0.4, -0.2) is 36.7 Å². The van der Waals surface area contributed by atoms with Crippen molar-refractivity contribution in [1.29, 1.82) is 0 Å². The highest BCUT2D eigenvalue weighted by Gasteiger charge is 2.22. The van der Waals surface area contributed by atoms with Crippen molar-refractivity contribution in [3.8, 4) is 11.6 Å². The Morgan fingerprint density at radius 3 is 2.70 bits per heavy atom. The zero-order valence-corrected chi connectivity index (χ0v) is 15.6. The van der Waals surface area contributed by atoms with Gasteiger partial charge in [-0.3, -0.25) is 0 Å². The smallest absolute Gasteiger partial charge is 0.317 e. The molecule has 0 atom stereocenters. The number of hydrogen-bond acceptors (Lipinski definition) is 4. The molecule has 1 aliphatic rings. The van der Waals surface area contributed by atoms with E-state index in [1.807, 2.05) is 12.1 Å². The van der Waals surface area contributed by atoms with E-state index in [0.717, 1.165) is 12.2 Å². The lowest BCUT2D eigenvalue weighted by atomic mass is 10.2. The van der Waals surface area contributed by atoms with Crippen molar-refractivity contribution in [3.63, 3.8) is 0 Å². The van der Waals surface area contributed by atoms with E-state index in [9.17, 15) is 9.18 Å². The van der Waals surface area contributed by atoms with Crippen LogP contribution < -0.4 is 14.8 Å². The molecule has 1 aromatic carbocycles. The van der Waals surface area contributed by atoms with E-state index >= 15 is 0 Å². The Morgan fingerprint density at radius 2 is 2.07 bits per heavy atom. The molecule has 6 nitrogen and oxygen atoms in total. The number of methoxy groups -OCH3 is 1. The second-order valence-electron chi connectivity index (χ2n) is 6.74. The molecule has 2 amide bonds. The third kappa shape index (κ3) is 5.57. The van der Waals surface area contributed by atoms with Gasteiger partial charge in [0.2, 0.25) is 5.88 Å². The molecule has 1 aliphatic carbocycles. The number of nitrogens with one attached hydrogen (secondary N) is 1. The SMILES string of the molecule is COc1ccc(CN(C)C(=O)NCc2ccc(OCC3CC3)nc2)cc1F. The van der Waals surface area contributed by atoms with E-state index in [4.69, 9.17) is 9.47 Å². The predicted molar refractivity (Wildman–Crippen MR) is 99.1 cm³/mol. The standard InChI is InChI=1S/C20H24FN3O3/c1-24(12-15-5-7-18(26-2)17(21)9-15)20(25)23-11-16-6-8-19(22-10-16)27-13-14-3-4-14/h5-10,14H,3-4,11-13H2,1-2H3,(H,23,25). The highest BCUT2D eigenvalue weighted by molar-refractivity contribution is 5.73. The normalized spacial score (nSPS) is 13.1. The van der Waals surface area contributed by atoms with E-state index in [2.05, 4.69) is 10.3 Å². The minimum Gasteiger partial charge on any atom is -0.494 e.